The molecule has 0 atom stereocenters. The van der Waals surface area contributed by atoms with Crippen molar-refractivity contribution < 1.29 is 19.1 Å². The summed E-state index contributed by atoms with van der Waals surface area (Å²) in [5.41, 5.74) is 2.64. The van der Waals surface area contributed by atoms with E-state index in [0.29, 0.717) is 18.0 Å². The van der Waals surface area contributed by atoms with Gasteiger partial charge in [-0.1, -0.05) is 12.1 Å². The van der Waals surface area contributed by atoms with E-state index in [1.807, 2.05) is 53.9 Å². The molecule has 164 valence electrons. The number of anilines is 1. The second-order valence-electron chi connectivity index (χ2n) is 6.90. The number of para-hydroxylation sites is 1. The van der Waals surface area contributed by atoms with Gasteiger partial charge >= 0.3 is 5.97 Å². The fourth-order valence-corrected chi connectivity index (χ4v) is 4.75. The smallest absolute Gasteiger partial charge is 0.306 e. The lowest BCUT2D eigenvalue weighted by atomic mass is 10.2. The Morgan fingerprint density at radius 1 is 1.06 bits per heavy atom. The number of ether oxygens (including phenoxy) is 2. The van der Waals surface area contributed by atoms with Crippen LogP contribution in [-0.2, 0) is 20.7 Å². The van der Waals surface area contributed by atoms with E-state index in [4.69, 9.17) is 9.47 Å². The second-order valence-corrected chi connectivity index (χ2v) is 8.88. The van der Waals surface area contributed by atoms with Gasteiger partial charge in [0, 0.05) is 17.4 Å². The molecular formula is C23H21N3O4S2. The molecule has 0 saturated carbocycles. The SMILES string of the molecule is COc1ccc(-c2csc(NC(=O)COC(=O)CCCc3nc4ccccc4s3)n2)cc1. The van der Waals surface area contributed by atoms with E-state index in [1.165, 1.54) is 11.3 Å². The van der Waals surface area contributed by atoms with Gasteiger partial charge in [0.05, 0.1) is 28.0 Å². The van der Waals surface area contributed by atoms with Crippen molar-refractivity contribution in [2.45, 2.75) is 19.3 Å². The number of hydrogen-bond acceptors (Lipinski definition) is 8. The minimum absolute atomic E-state index is 0.238. The first kappa shape index (κ1) is 21.9. The summed E-state index contributed by atoms with van der Waals surface area (Å²) in [6.07, 6.45) is 1.56. The van der Waals surface area contributed by atoms with Crippen molar-refractivity contribution in [2.75, 3.05) is 19.0 Å². The van der Waals surface area contributed by atoms with Crippen molar-refractivity contribution in [2.24, 2.45) is 0 Å². The Bertz CT molecular complexity index is 1180. The number of hydrogen-bond donors (Lipinski definition) is 1. The van der Waals surface area contributed by atoms with Crippen LogP contribution in [0.25, 0.3) is 21.5 Å². The maximum Gasteiger partial charge on any atom is 0.306 e. The van der Waals surface area contributed by atoms with Crippen molar-refractivity contribution in [3.63, 3.8) is 0 Å². The van der Waals surface area contributed by atoms with Crippen molar-refractivity contribution in [3.05, 3.63) is 58.9 Å². The highest BCUT2D eigenvalue weighted by Gasteiger charge is 2.12. The molecule has 7 nitrogen and oxygen atoms in total. The molecule has 0 fully saturated rings. The molecule has 9 heteroatoms. The van der Waals surface area contributed by atoms with Gasteiger partial charge in [0.15, 0.2) is 11.7 Å². The van der Waals surface area contributed by atoms with Crippen LogP contribution in [0.4, 0.5) is 5.13 Å². The number of carbonyl (C=O) groups excluding carboxylic acids is 2. The number of aryl methyl sites for hydroxylation is 1. The van der Waals surface area contributed by atoms with Crippen LogP contribution in [0.2, 0.25) is 0 Å². The summed E-state index contributed by atoms with van der Waals surface area (Å²) < 4.78 is 11.4. The Morgan fingerprint density at radius 2 is 1.88 bits per heavy atom. The molecule has 0 aliphatic carbocycles. The van der Waals surface area contributed by atoms with E-state index in [-0.39, 0.29) is 13.0 Å². The van der Waals surface area contributed by atoms with Gasteiger partial charge in [0.25, 0.3) is 5.91 Å². The zero-order valence-electron chi connectivity index (χ0n) is 17.4. The minimum atomic E-state index is -0.417. The first-order valence-electron chi connectivity index (χ1n) is 10.0. The number of fused-ring (bicyclic) bond motifs is 1. The van der Waals surface area contributed by atoms with Crippen LogP contribution >= 0.6 is 22.7 Å². The maximum atomic E-state index is 12.1. The average Bonchev–Trinajstić information content (AvgIpc) is 3.44. The fraction of sp³-hybridized carbons (Fsp3) is 0.217. The van der Waals surface area contributed by atoms with Crippen LogP contribution in [0.3, 0.4) is 0 Å². The monoisotopic (exact) mass is 467 g/mol. The van der Waals surface area contributed by atoms with Crippen molar-refractivity contribution >= 4 is 49.9 Å². The average molecular weight is 468 g/mol. The molecule has 0 spiro atoms. The lowest BCUT2D eigenvalue weighted by Crippen LogP contribution is -2.20. The predicted octanol–water partition coefficient (Wildman–Crippen LogP) is 4.93. The summed E-state index contributed by atoms with van der Waals surface area (Å²) >= 11 is 2.94. The number of benzene rings is 2. The molecule has 0 bridgehead atoms. The van der Waals surface area contributed by atoms with E-state index in [0.717, 1.165) is 32.2 Å². The van der Waals surface area contributed by atoms with E-state index >= 15 is 0 Å². The van der Waals surface area contributed by atoms with Crippen LogP contribution in [-0.4, -0.2) is 35.6 Å². The van der Waals surface area contributed by atoms with Crippen molar-refractivity contribution in [1.82, 2.24) is 9.97 Å². The number of nitrogens with one attached hydrogen (secondary N) is 1. The highest BCUT2D eigenvalue weighted by molar-refractivity contribution is 7.18. The molecule has 0 saturated heterocycles. The summed E-state index contributed by atoms with van der Waals surface area (Å²) in [5.74, 6) is -0.0566. The van der Waals surface area contributed by atoms with Crippen molar-refractivity contribution in [3.8, 4) is 17.0 Å². The van der Waals surface area contributed by atoms with Crippen LogP contribution < -0.4 is 10.1 Å². The van der Waals surface area contributed by atoms with E-state index in [9.17, 15) is 9.59 Å². The number of thiazole rings is 2. The molecule has 2 aromatic heterocycles. The van der Waals surface area contributed by atoms with Gasteiger partial charge in [-0.2, -0.15) is 0 Å². The molecule has 1 amide bonds. The summed E-state index contributed by atoms with van der Waals surface area (Å²) in [6.45, 7) is -0.336. The predicted molar refractivity (Wildman–Crippen MR) is 126 cm³/mol. The van der Waals surface area contributed by atoms with Gasteiger partial charge in [0.1, 0.15) is 5.75 Å². The maximum absolute atomic E-state index is 12.1. The fourth-order valence-electron chi connectivity index (χ4n) is 3.01. The standard InChI is InChI=1S/C23H21N3O4S2/c1-29-16-11-9-15(10-12-16)18-14-31-23(25-18)26-20(27)13-30-22(28)8-4-7-21-24-17-5-2-3-6-19(17)32-21/h2-3,5-6,9-12,14H,4,7-8,13H2,1H3,(H,25,26,27). The number of rotatable bonds is 9. The highest BCUT2D eigenvalue weighted by Crippen LogP contribution is 2.26. The molecular weight excluding hydrogens is 446 g/mol. The number of nitrogens with zero attached hydrogens (tertiary/aromatic N) is 2. The Hall–Kier alpha value is -3.30. The zero-order valence-corrected chi connectivity index (χ0v) is 19.0. The first-order valence-corrected chi connectivity index (χ1v) is 11.7. The number of amides is 1. The topological polar surface area (TPSA) is 90.4 Å². The lowest BCUT2D eigenvalue weighted by Gasteiger charge is -2.04. The van der Waals surface area contributed by atoms with Gasteiger partial charge in [-0.15, -0.1) is 22.7 Å². The number of esters is 1. The minimum Gasteiger partial charge on any atom is -0.497 e. The summed E-state index contributed by atoms with van der Waals surface area (Å²) in [5, 5.41) is 5.96. The van der Waals surface area contributed by atoms with Crippen molar-refractivity contribution in [1.29, 1.82) is 0 Å². The second kappa shape index (κ2) is 10.3. The zero-order chi connectivity index (χ0) is 22.3. The Labute approximate surface area is 193 Å². The van der Waals surface area contributed by atoms with Crippen LogP contribution in [0.5, 0.6) is 5.75 Å². The molecule has 32 heavy (non-hydrogen) atoms. The van der Waals surface area contributed by atoms with Gasteiger partial charge in [-0.25, -0.2) is 9.97 Å². The largest absolute Gasteiger partial charge is 0.497 e. The third-order valence-electron chi connectivity index (χ3n) is 4.61. The van der Waals surface area contributed by atoms with E-state index < -0.39 is 11.9 Å². The van der Waals surface area contributed by atoms with E-state index in [2.05, 4.69) is 15.3 Å². The van der Waals surface area contributed by atoms with Gasteiger partial charge in [-0.05, 0) is 49.2 Å². The molecule has 4 rings (SSSR count). The Morgan fingerprint density at radius 3 is 2.66 bits per heavy atom. The van der Waals surface area contributed by atoms with Gasteiger partial charge in [0.2, 0.25) is 0 Å². The summed E-state index contributed by atoms with van der Waals surface area (Å²) in [7, 11) is 1.61. The van der Waals surface area contributed by atoms with Crippen LogP contribution in [0.1, 0.15) is 17.8 Å². The van der Waals surface area contributed by atoms with Crippen LogP contribution in [0.15, 0.2) is 53.9 Å². The Balaban J connectivity index is 1.19. The normalized spacial score (nSPS) is 10.8. The highest BCUT2D eigenvalue weighted by atomic mass is 32.1. The molecule has 0 radical (unpaired) electrons. The molecule has 2 heterocycles. The molecule has 0 aliphatic rings. The van der Waals surface area contributed by atoms with Gasteiger partial charge in [-0.3, -0.25) is 14.9 Å². The quantitative estimate of drug-likeness (QED) is 0.351. The molecule has 4 aromatic rings. The third kappa shape index (κ3) is 5.68. The first-order chi connectivity index (χ1) is 15.6. The molecule has 2 aromatic carbocycles. The van der Waals surface area contributed by atoms with Crippen LogP contribution in [0, 0.1) is 0 Å². The molecule has 0 aliphatic heterocycles. The van der Waals surface area contributed by atoms with E-state index in [1.54, 1.807) is 18.4 Å². The molecule has 0 unspecified atom stereocenters. The summed E-state index contributed by atoms with van der Waals surface area (Å²) in [4.78, 5) is 33.0. The lowest BCUT2D eigenvalue weighted by molar-refractivity contribution is -0.147. The molecule has 1 N–H and O–H groups in total. The Kier molecular flexibility index (Phi) is 7.08. The number of carbonyl (C=O) groups is 2. The van der Waals surface area contributed by atoms with Gasteiger partial charge < -0.3 is 9.47 Å². The number of methoxy groups -OCH3 is 1. The summed E-state index contributed by atoms with van der Waals surface area (Å²) in [6, 6.07) is 15.5. The number of aromatic nitrogens is 2. The third-order valence-corrected chi connectivity index (χ3v) is 6.46.